The molecule has 1 fully saturated rings. The summed E-state index contributed by atoms with van der Waals surface area (Å²) in [6.07, 6.45) is -0.706. The first-order chi connectivity index (χ1) is 12.9. The van der Waals surface area contributed by atoms with E-state index in [2.05, 4.69) is 22.4 Å². The molecule has 1 aromatic carbocycles. The number of piperidine rings is 1. The van der Waals surface area contributed by atoms with E-state index in [4.69, 9.17) is 0 Å². The highest BCUT2D eigenvalue weighted by Gasteiger charge is 2.30. The Kier molecular flexibility index (Phi) is 5.98. The molecule has 27 heavy (non-hydrogen) atoms. The number of pyridine rings is 1. The molecule has 0 bridgehead atoms. The van der Waals surface area contributed by atoms with Crippen molar-refractivity contribution < 1.29 is 18.0 Å². The van der Waals surface area contributed by atoms with Gasteiger partial charge in [0.05, 0.1) is 12.1 Å². The van der Waals surface area contributed by atoms with Crippen LogP contribution in [0.5, 0.6) is 0 Å². The predicted molar refractivity (Wildman–Crippen MR) is 97.2 cm³/mol. The number of hydrogen-bond acceptors (Lipinski definition) is 3. The van der Waals surface area contributed by atoms with Gasteiger partial charge in [0.15, 0.2) is 0 Å². The van der Waals surface area contributed by atoms with Crippen LogP contribution in [-0.2, 0) is 17.4 Å². The van der Waals surface area contributed by atoms with Gasteiger partial charge in [0.2, 0.25) is 5.91 Å². The second kappa shape index (κ2) is 8.41. The van der Waals surface area contributed by atoms with E-state index in [-0.39, 0.29) is 18.3 Å². The quantitative estimate of drug-likeness (QED) is 0.857. The van der Waals surface area contributed by atoms with Crippen molar-refractivity contribution >= 4 is 11.7 Å². The highest BCUT2D eigenvalue weighted by molar-refractivity contribution is 5.80. The summed E-state index contributed by atoms with van der Waals surface area (Å²) in [5.74, 6) is 0.770. The number of hydrogen-bond donors (Lipinski definition) is 1. The normalized spacial score (nSPS) is 15.6. The Hall–Kier alpha value is -2.57. The molecule has 0 atom stereocenters. The lowest BCUT2D eigenvalue weighted by Gasteiger charge is -2.32. The number of carbonyl (C=O) groups is 1. The fourth-order valence-electron chi connectivity index (χ4n) is 3.28. The second-order valence-electron chi connectivity index (χ2n) is 6.80. The Balaban J connectivity index is 1.43. The van der Waals surface area contributed by atoms with Crippen molar-refractivity contribution in [1.29, 1.82) is 0 Å². The minimum absolute atomic E-state index is 0.0295. The minimum atomic E-state index is -4.41. The first-order valence-corrected chi connectivity index (χ1v) is 9.00. The summed E-state index contributed by atoms with van der Waals surface area (Å²) in [4.78, 5) is 17.8. The Morgan fingerprint density at radius 3 is 2.41 bits per heavy atom. The van der Waals surface area contributed by atoms with Gasteiger partial charge in [0.25, 0.3) is 0 Å². The van der Waals surface area contributed by atoms with Gasteiger partial charge < -0.3 is 10.2 Å². The molecule has 3 rings (SSSR count). The van der Waals surface area contributed by atoms with Crippen LogP contribution in [0.15, 0.2) is 48.7 Å². The summed E-state index contributed by atoms with van der Waals surface area (Å²) in [5.41, 5.74) is 0.511. The van der Waals surface area contributed by atoms with Crippen molar-refractivity contribution in [1.82, 2.24) is 9.88 Å². The molecule has 1 aliphatic heterocycles. The van der Waals surface area contributed by atoms with E-state index in [1.807, 2.05) is 18.2 Å². The van der Waals surface area contributed by atoms with Gasteiger partial charge in [-0.15, -0.1) is 0 Å². The van der Waals surface area contributed by atoms with Crippen LogP contribution in [-0.4, -0.2) is 35.4 Å². The number of amides is 1. The van der Waals surface area contributed by atoms with E-state index in [0.29, 0.717) is 19.0 Å². The first kappa shape index (κ1) is 19.2. The van der Waals surface area contributed by atoms with Crippen molar-refractivity contribution in [2.75, 3.05) is 25.0 Å². The van der Waals surface area contributed by atoms with E-state index in [0.717, 1.165) is 31.5 Å². The lowest BCUT2D eigenvalue weighted by atomic mass is 9.90. The van der Waals surface area contributed by atoms with Crippen LogP contribution in [0.2, 0.25) is 0 Å². The standard InChI is InChI=1S/C20H22F3N3O/c21-20(22,23)17-6-7-18(24-13-17)25-14-19(27)26-10-8-16(9-11-26)12-15-4-2-1-3-5-15/h1-7,13,16H,8-12,14H2,(H,24,25). The predicted octanol–water partition coefficient (Wildman–Crippen LogP) is 3.99. The molecule has 0 spiro atoms. The molecule has 2 aromatic rings. The Bertz CT molecular complexity index is 739. The SMILES string of the molecule is O=C(CNc1ccc(C(F)(F)F)cn1)N1CCC(Cc2ccccc2)CC1. The molecule has 7 heteroatoms. The number of aromatic nitrogens is 1. The molecule has 1 amide bonds. The highest BCUT2D eigenvalue weighted by atomic mass is 19.4. The van der Waals surface area contributed by atoms with Crippen molar-refractivity contribution in [3.8, 4) is 0 Å². The molecular weight excluding hydrogens is 355 g/mol. The van der Waals surface area contributed by atoms with Crippen LogP contribution in [0.1, 0.15) is 24.0 Å². The third kappa shape index (κ3) is 5.45. The Morgan fingerprint density at radius 1 is 1.11 bits per heavy atom. The average molecular weight is 377 g/mol. The van der Waals surface area contributed by atoms with Gasteiger partial charge in [-0.05, 0) is 42.9 Å². The maximum atomic E-state index is 12.5. The largest absolute Gasteiger partial charge is 0.417 e. The molecule has 0 radical (unpaired) electrons. The number of anilines is 1. The van der Waals surface area contributed by atoms with Crippen molar-refractivity contribution in [2.24, 2.45) is 5.92 Å². The number of rotatable bonds is 5. The van der Waals surface area contributed by atoms with Gasteiger partial charge in [-0.3, -0.25) is 4.79 Å². The maximum absolute atomic E-state index is 12.5. The number of halogens is 3. The topological polar surface area (TPSA) is 45.2 Å². The van der Waals surface area contributed by atoms with Crippen LogP contribution in [0.3, 0.4) is 0 Å². The van der Waals surface area contributed by atoms with Crippen LogP contribution >= 0.6 is 0 Å². The molecule has 144 valence electrons. The van der Waals surface area contributed by atoms with Gasteiger partial charge in [-0.2, -0.15) is 13.2 Å². The number of nitrogens with one attached hydrogen (secondary N) is 1. The summed E-state index contributed by atoms with van der Waals surface area (Å²) in [7, 11) is 0. The van der Waals surface area contributed by atoms with Crippen molar-refractivity contribution in [3.05, 3.63) is 59.8 Å². The van der Waals surface area contributed by atoms with Crippen LogP contribution in [0.4, 0.5) is 19.0 Å². The van der Waals surface area contributed by atoms with E-state index in [1.165, 1.54) is 11.6 Å². The summed E-state index contributed by atoms with van der Waals surface area (Å²) in [5, 5.41) is 2.80. The molecule has 2 heterocycles. The lowest BCUT2D eigenvalue weighted by molar-refractivity contribution is -0.137. The molecule has 1 saturated heterocycles. The third-order valence-corrected chi connectivity index (χ3v) is 4.85. The number of carbonyl (C=O) groups excluding carboxylic acids is 1. The molecule has 1 aliphatic rings. The number of benzene rings is 1. The van der Waals surface area contributed by atoms with Gasteiger partial charge in [-0.25, -0.2) is 4.98 Å². The minimum Gasteiger partial charge on any atom is -0.361 e. The smallest absolute Gasteiger partial charge is 0.361 e. The zero-order valence-corrected chi connectivity index (χ0v) is 14.9. The van der Waals surface area contributed by atoms with E-state index < -0.39 is 11.7 Å². The number of likely N-dealkylation sites (tertiary alicyclic amines) is 1. The lowest BCUT2D eigenvalue weighted by Crippen LogP contribution is -2.41. The van der Waals surface area contributed by atoms with Gasteiger partial charge >= 0.3 is 6.18 Å². The molecule has 4 nitrogen and oxygen atoms in total. The van der Waals surface area contributed by atoms with Crippen LogP contribution < -0.4 is 5.32 Å². The van der Waals surface area contributed by atoms with Crippen molar-refractivity contribution in [3.63, 3.8) is 0 Å². The van der Waals surface area contributed by atoms with Crippen molar-refractivity contribution in [2.45, 2.75) is 25.4 Å². The van der Waals surface area contributed by atoms with Crippen LogP contribution in [0.25, 0.3) is 0 Å². The highest BCUT2D eigenvalue weighted by Crippen LogP contribution is 2.28. The summed E-state index contributed by atoms with van der Waals surface area (Å²) in [6.45, 7) is 1.44. The van der Waals surface area contributed by atoms with E-state index in [9.17, 15) is 18.0 Å². The second-order valence-corrected chi connectivity index (χ2v) is 6.80. The summed E-state index contributed by atoms with van der Waals surface area (Å²) in [6, 6.07) is 12.5. The summed E-state index contributed by atoms with van der Waals surface area (Å²) < 4.78 is 37.6. The zero-order valence-electron chi connectivity index (χ0n) is 14.9. The van der Waals surface area contributed by atoms with Crippen LogP contribution in [0, 0.1) is 5.92 Å². The molecule has 1 N–H and O–H groups in total. The zero-order chi connectivity index (χ0) is 19.3. The summed E-state index contributed by atoms with van der Waals surface area (Å²) >= 11 is 0. The fourth-order valence-corrected chi connectivity index (χ4v) is 3.28. The monoisotopic (exact) mass is 377 g/mol. The van der Waals surface area contributed by atoms with Gasteiger partial charge in [0.1, 0.15) is 5.82 Å². The molecular formula is C20H22F3N3O. The maximum Gasteiger partial charge on any atom is 0.417 e. The van der Waals surface area contributed by atoms with E-state index in [1.54, 1.807) is 4.90 Å². The number of nitrogens with zero attached hydrogens (tertiary/aromatic N) is 2. The fraction of sp³-hybridized carbons (Fsp3) is 0.400. The molecule has 1 aromatic heterocycles. The molecule has 0 unspecified atom stereocenters. The Morgan fingerprint density at radius 2 is 1.81 bits per heavy atom. The number of alkyl halides is 3. The average Bonchev–Trinajstić information content (AvgIpc) is 2.67. The van der Waals surface area contributed by atoms with Gasteiger partial charge in [-0.1, -0.05) is 30.3 Å². The Labute approximate surface area is 156 Å². The molecule has 0 aliphatic carbocycles. The molecule has 0 saturated carbocycles. The van der Waals surface area contributed by atoms with Gasteiger partial charge in [0, 0.05) is 19.3 Å². The third-order valence-electron chi connectivity index (χ3n) is 4.85. The van der Waals surface area contributed by atoms with E-state index >= 15 is 0 Å². The first-order valence-electron chi connectivity index (χ1n) is 9.00.